The van der Waals surface area contributed by atoms with E-state index in [4.69, 9.17) is 22.9 Å². The standard InChI is InChI=1S/C42H76N12O11/c1-22(2)18-28(50-34(57)25(7)48-39(62)32-14-11-17-54(32)40(63)26(44)12-10-16-47-42(45)46)36(59)51-30(20-24(5)6)37(60)53-31(21-33(55)56)38(61)52-29(19-23(3)4)35(58)49-27(41(64)65)13-8-9-15-43/h22-32H,8-21,43-44H2,1-7H3,(H,48,62)(H,49,58)(H,50,57)(H,51,59)(H,52,61)(H,53,60)(H,55,56)(H,64,65)(H4,45,46,47)/t25-,26-,27-,28-,29-,30-,31-,32-/m0/s1. The molecule has 0 aromatic heterocycles. The summed E-state index contributed by atoms with van der Waals surface area (Å²) in [6.45, 7) is 13.0. The minimum Gasteiger partial charge on any atom is -0.481 e. The van der Waals surface area contributed by atoms with E-state index in [-0.39, 0.29) is 62.4 Å². The number of nitrogens with zero attached hydrogens (tertiary/aromatic N) is 2. The number of likely N-dealkylation sites (tertiary alicyclic amines) is 1. The van der Waals surface area contributed by atoms with E-state index in [1.807, 2.05) is 0 Å². The molecule has 1 heterocycles. The van der Waals surface area contributed by atoms with Crippen LogP contribution in [-0.2, 0) is 43.2 Å². The number of guanidine groups is 1. The second-order valence-corrected chi connectivity index (χ2v) is 17.9. The van der Waals surface area contributed by atoms with E-state index in [1.165, 1.54) is 11.8 Å². The van der Waals surface area contributed by atoms with Gasteiger partial charge in [0.2, 0.25) is 41.4 Å². The van der Waals surface area contributed by atoms with Crippen molar-refractivity contribution in [2.75, 3.05) is 19.6 Å². The van der Waals surface area contributed by atoms with Crippen molar-refractivity contribution in [2.45, 2.75) is 167 Å². The molecular weight excluding hydrogens is 849 g/mol. The number of aliphatic carboxylic acids is 2. The van der Waals surface area contributed by atoms with Gasteiger partial charge in [-0.15, -0.1) is 0 Å². The fourth-order valence-electron chi connectivity index (χ4n) is 7.16. The molecule has 0 unspecified atom stereocenters. The van der Waals surface area contributed by atoms with E-state index in [0.29, 0.717) is 45.2 Å². The number of carboxylic acids is 2. The van der Waals surface area contributed by atoms with Crippen LogP contribution in [0.4, 0.5) is 0 Å². The highest BCUT2D eigenvalue weighted by molar-refractivity contribution is 5.98. The predicted molar refractivity (Wildman–Crippen MR) is 241 cm³/mol. The Balaban J connectivity index is 3.18. The molecular formula is C42H76N12O11. The molecule has 1 fully saturated rings. The summed E-state index contributed by atoms with van der Waals surface area (Å²) in [5.41, 5.74) is 22.3. The van der Waals surface area contributed by atoms with E-state index in [1.54, 1.807) is 41.5 Å². The molecule has 1 rings (SSSR count). The molecule has 1 aliphatic heterocycles. The fraction of sp³-hybridized carbons (Fsp3) is 0.762. The Bertz CT molecular complexity index is 1660. The lowest BCUT2D eigenvalue weighted by atomic mass is 9.99. The van der Waals surface area contributed by atoms with Gasteiger partial charge in [-0.25, -0.2) is 4.79 Å². The molecule has 0 aliphatic carbocycles. The Kier molecular flexibility index (Phi) is 25.7. The number of hydrogen-bond acceptors (Lipinski definition) is 12. The van der Waals surface area contributed by atoms with Crippen LogP contribution in [0.3, 0.4) is 0 Å². The predicted octanol–water partition coefficient (Wildman–Crippen LogP) is -1.89. The summed E-state index contributed by atoms with van der Waals surface area (Å²) in [7, 11) is 0. The van der Waals surface area contributed by atoms with Crippen LogP contribution in [0.15, 0.2) is 4.99 Å². The third kappa shape index (κ3) is 21.8. The molecule has 0 aromatic rings. The van der Waals surface area contributed by atoms with Gasteiger partial charge in [-0.05, 0) is 95.4 Å². The number of unbranched alkanes of at least 4 members (excludes halogenated alkanes) is 1. The number of rotatable bonds is 30. The van der Waals surface area contributed by atoms with Crippen molar-refractivity contribution >= 4 is 59.2 Å². The van der Waals surface area contributed by atoms with Crippen LogP contribution >= 0.6 is 0 Å². The first-order valence-electron chi connectivity index (χ1n) is 22.5. The smallest absolute Gasteiger partial charge is 0.326 e. The summed E-state index contributed by atoms with van der Waals surface area (Å²) in [5, 5.41) is 34.6. The molecule has 8 atom stereocenters. The minimum atomic E-state index is -1.72. The van der Waals surface area contributed by atoms with Crippen LogP contribution in [0.5, 0.6) is 0 Å². The second kappa shape index (κ2) is 29.1. The van der Waals surface area contributed by atoms with Crippen molar-refractivity contribution in [1.82, 2.24) is 36.8 Å². The van der Waals surface area contributed by atoms with Gasteiger partial charge in [-0.2, -0.15) is 0 Å². The van der Waals surface area contributed by atoms with Gasteiger partial charge < -0.3 is 69.9 Å². The van der Waals surface area contributed by atoms with Gasteiger partial charge in [0.25, 0.3) is 0 Å². The number of nitrogens with one attached hydrogen (secondary N) is 6. The molecule has 7 amide bonds. The van der Waals surface area contributed by atoms with Crippen molar-refractivity contribution in [3.8, 4) is 0 Å². The van der Waals surface area contributed by atoms with Gasteiger partial charge in [0.15, 0.2) is 5.96 Å². The normalized spacial score (nSPS) is 16.9. The largest absolute Gasteiger partial charge is 0.481 e. The zero-order valence-corrected chi connectivity index (χ0v) is 39.0. The summed E-state index contributed by atoms with van der Waals surface area (Å²) >= 11 is 0. The van der Waals surface area contributed by atoms with Crippen LogP contribution in [0.1, 0.15) is 119 Å². The van der Waals surface area contributed by atoms with Gasteiger partial charge in [-0.3, -0.25) is 43.3 Å². The fourth-order valence-corrected chi connectivity index (χ4v) is 7.16. The number of carbonyl (C=O) groups excluding carboxylic acids is 7. The molecule has 23 heteroatoms. The highest BCUT2D eigenvalue weighted by atomic mass is 16.4. The number of nitrogens with two attached hydrogens (primary N) is 4. The highest BCUT2D eigenvalue weighted by Gasteiger charge is 2.38. The first kappa shape index (κ1) is 57.4. The zero-order valence-electron chi connectivity index (χ0n) is 39.0. The minimum absolute atomic E-state index is 0.0312. The lowest BCUT2D eigenvalue weighted by Gasteiger charge is -2.29. The van der Waals surface area contributed by atoms with Crippen LogP contribution in [0.2, 0.25) is 0 Å². The third-order valence-corrected chi connectivity index (χ3v) is 10.5. The first-order chi connectivity index (χ1) is 30.4. The van der Waals surface area contributed by atoms with E-state index >= 15 is 0 Å². The average Bonchev–Trinajstić information content (AvgIpc) is 3.70. The maximum Gasteiger partial charge on any atom is 0.326 e. The molecule has 0 spiro atoms. The Morgan fingerprint density at radius 2 is 1.09 bits per heavy atom. The topological polar surface area (TPSA) is 386 Å². The monoisotopic (exact) mass is 925 g/mol. The van der Waals surface area contributed by atoms with Crippen molar-refractivity contribution in [3.63, 3.8) is 0 Å². The Morgan fingerprint density at radius 1 is 0.631 bits per heavy atom. The van der Waals surface area contributed by atoms with Crippen LogP contribution in [0, 0.1) is 17.8 Å². The molecule has 0 bridgehead atoms. The summed E-state index contributed by atoms with van der Waals surface area (Å²) in [6.07, 6.45) is 1.93. The van der Waals surface area contributed by atoms with Gasteiger partial charge >= 0.3 is 11.9 Å². The molecule has 0 aromatic carbocycles. The van der Waals surface area contributed by atoms with Crippen LogP contribution < -0.4 is 54.8 Å². The SMILES string of the molecule is CC(C)C[C@H](NC(=O)[C@H](C)NC(=O)[C@@H]1CCCN1C(=O)[C@@H](N)CCCN=C(N)N)C(=O)N[C@@H](CC(C)C)C(=O)N[C@@H](CC(=O)O)C(=O)N[C@@H](CC(C)C)C(=O)N[C@@H](CCCCN)C(=O)O. The Labute approximate surface area is 381 Å². The number of hydrogen-bond donors (Lipinski definition) is 12. The lowest BCUT2D eigenvalue weighted by molar-refractivity contribution is -0.143. The zero-order chi connectivity index (χ0) is 49.6. The molecule has 65 heavy (non-hydrogen) atoms. The maximum absolute atomic E-state index is 13.9. The van der Waals surface area contributed by atoms with Gasteiger partial charge in [0, 0.05) is 13.1 Å². The summed E-state index contributed by atoms with van der Waals surface area (Å²) < 4.78 is 0. The van der Waals surface area contributed by atoms with Gasteiger partial charge in [0.05, 0.1) is 12.5 Å². The summed E-state index contributed by atoms with van der Waals surface area (Å²) in [6, 6.07) is -9.74. The molecule has 0 saturated carbocycles. The number of carboxylic acid groups (broad SMARTS) is 2. The van der Waals surface area contributed by atoms with Gasteiger partial charge in [-0.1, -0.05) is 41.5 Å². The van der Waals surface area contributed by atoms with E-state index in [2.05, 4.69) is 36.9 Å². The molecule has 16 N–H and O–H groups in total. The van der Waals surface area contributed by atoms with Crippen molar-refractivity contribution in [1.29, 1.82) is 0 Å². The van der Waals surface area contributed by atoms with E-state index < -0.39 is 108 Å². The molecule has 370 valence electrons. The molecule has 0 radical (unpaired) electrons. The van der Waals surface area contributed by atoms with Crippen LogP contribution in [-0.4, -0.2) is 142 Å². The second-order valence-electron chi connectivity index (χ2n) is 17.9. The number of aliphatic imine (C=N–C) groups is 1. The quantitative estimate of drug-likeness (QED) is 0.0213. The average molecular weight is 925 g/mol. The molecule has 23 nitrogen and oxygen atoms in total. The Morgan fingerprint density at radius 3 is 1.54 bits per heavy atom. The van der Waals surface area contributed by atoms with Crippen LogP contribution in [0.25, 0.3) is 0 Å². The van der Waals surface area contributed by atoms with Crippen molar-refractivity contribution < 1.29 is 53.4 Å². The molecule has 1 saturated heterocycles. The van der Waals surface area contributed by atoms with E-state index in [0.717, 1.165) is 0 Å². The first-order valence-corrected chi connectivity index (χ1v) is 22.5. The summed E-state index contributed by atoms with van der Waals surface area (Å²) in [5.74, 6) is -8.61. The molecule has 1 aliphatic rings. The third-order valence-electron chi connectivity index (χ3n) is 10.5. The highest BCUT2D eigenvalue weighted by Crippen LogP contribution is 2.20. The van der Waals surface area contributed by atoms with Gasteiger partial charge in [0.1, 0.15) is 42.3 Å². The summed E-state index contributed by atoms with van der Waals surface area (Å²) in [4.78, 5) is 124. The van der Waals surface area contributed by atoms with Crippen molar-refractivity contribution in [2.24, 2.45) is 45.7 Å². The maximum atomic E-state index is 13.9. The lowest BCUT2D eigenvalue weighted by Crippen LogP contribution is -2.60. The Hall–Kier alpha value is -5.58. The number of carbonyl (C=O) groups is 9. The van der Waals surface area contributed by atoms with E-state index in [9.17, 15) is 53.4 Å². The van der Waals surface area contributed by atoms with Crippen molar-refractivity contribution in [3.05, 3.63) is 0 Å². The number of amides is 7.